The van der Waals surface area contributed by atoms with E-state index in [1.807, 2.05) is 12.1 Å². The van der Waals surface area contributed by atoms with Gasteiger partial charge in [0.2, 0.25) is 0 Å². The first-order valence-corrected chi connectivity index (χ1v) is 7.49. The Labute approximate surface area is 120 Å². The molecule has 0 aromatic carbocycles. The van der Waals surface area contributed by atoms with Crippen LogP contribution in [-0.4, -0.2) is 17.6 Å². The van der Waals surface area contributed by atoms with Gasteiger partial charge in [0.15, 0.2) is 0 Å². The SMILES string of the molecule is CCCCCN(c1ccc(Cl)c(CCl)n1)C(C)C. The molecule has 0 bridgehead atoms. The van der Waals surface area contributed by atoms with Crippen molar-refractivity contribution in [1.82, 2.24) is 4.98 Å². The molecule has 0 aliphatic carbocycles. The molecule has 1 rings (SSSR count). The van der Waals surface area contributed by atoms with Crippen LogP contribution >= 0.6 is 23.2 Å². The normalized spacial score (nSPS) is 11.0. The molecule has 18 heavy (non-hydrogen) atoms. The standard InChI is InChI=1S/C14H22Cl2N2/c1-4-5-6-9-18(11(2)3)14-8-7-12(16)13(10-15)17-14/h7-8,11H,4-6,9-10H2,1-3H3. The quantitative estimate of drug-likeness (QED) is 0.525. The fourth-order valence-electron chi connectivity index (χ4n) is 1.90. The molecule has 1 heterocycles. The molecule has 0 N–H and O–H groups in total. The number of hydrogen-bond acceptors (Lipinski definition) is 2. The molecule has 0 aliphatic rings. The van der Waals surface area contributed by atoms with Gasteiger partial charge in [0.25, 0.3) is 0 Å². The van der Waals surface area contributed by atoms with E-state index in [0.29, 0.717) is 16.9 Å². The van der Waals surface area contributed by atoms with Crippen molar-refractivity contribution in [1.29, 1.82) is 0 Å². The van der Waals surface area contributed by atoms with Gasteiger partial charge in [-0.3, -0.25) is 0 Å². The van der Waals surface area contributed by atoms with Gasteiger partial charge in [-0.25, -0.2) is 4.98 Å². The van der Waals surface area contributed by atoms with Crippen LogP contribution in [0.5, 0.6) is 0 Å². The number of alkyl halides is 1. The van der Waals surface area contributed by atoms with Crippen molar-refractivity contribution in [3.05, 3.63) is 22.8 Å². The average Bonchev–Trinajstić information content (AvgIpc) is 2.35. The molecule has 4 heteroatoms. The summed E-state index contributed by atoms with van der Waals surface area (Å²) in [5.74, 6) is 1.33. The lowest BCUT2D eigenvalue weighted by molar-refractivity contribution is 0.619. The number of pyridine rings is 1. The van der Waals surface area contributed by atoms with Gasteiger partial charge in [0, 0.05) is 12.6 Å². The lowest BCUT2D eigenvalue weighted by Gasteiger charge is -2.28. The van der Waals surface area contributed by atoms with Crippen LogP contribution in [0.2, 0.25) is 5.02 Å². The minimum atomic E-state index is 0.355. The largest absolute Gasteiger partial charge is 0.354 e. The number of hydrogen-bond donors (Lipinski definition) is 0. The van der Waals surface area contributed by atoms with E-state index in [9.17, 15) is 0 Å². The van der Waals surface area contributed by atoms with Gasteiger partial charge < -0.3 is 4.90 Å². The van der Waals surface area contributed by atoms with E-state index < -0.39 is 0 Å². The number of nitrogens with zero attached hydrogens (tertiary/aromatic N) is 2. The smallest absolute Gasteiger partial charge is 0.129 e. The van der Waals surface area contributed by atoms with Crippen LogP contribution in [-0.2, 0) is 5.88 Å². The Morgan fingerprint density at radius 3 is 2.56 bits per heavy atom. The second-order valence-corrected chi connectivity index (χ2v) is 5.40. The van der Waals surface area contributed by atoms with Gasteiger partial charge >= 0.3 is 0 Å². The third-order valence-corrected chi connectivity index (χ3v) is 3.55. The molecule has 0 saturated heterocycles. The molecular formula is C14H22Cl2N2. The molecule has 0 amide bonds. The number of anilines is 1. The zero-order valence-corrected chi connectivity index (χ0v) is 12.9. The van der Waals surface area contributed by atoms with Crippen LogP contribution in [0.1, 0.15) is 45.7 Å². The van der Waals surface area contributed by atoms with Gasteiger partial charge in [0.1, 0.15) is 5.82 Å². The molecule has 1 aromatic heterocycles. The summed E-state index contributed by atoms with van der Waals surface area (Å²) in [4.78, 5) is 6.86. The topological polar surface area (TPSA) is 16.1 Å². The van der Waals surface area contributed by atoms with Crippen molar-refractivity contribution in [3.63, 3.8) is 0 Å². The Morgan fingerprint density at radius 2 is 2.00 bits per heavy atom. The van der Waals surface area contributed by atoms with Gasteiger partial charge in [-0.2, -0.15) is 0 Å². The molecule has 0 radical (unpaired) electrons. The van der Waals surface area contributed by atoms with Crippen LogP contribution < -0.4 is 4.90 Å². The molecule has 1 aromatic rings. The summed E-state index contributed by atoms with van der Waals surface area (Å²) >= 11 is 11.9. The Hall–Kier alpha value is -0.470. The van der Waals surface area contributed by atoms with Crippen LogP contribution in [0.25, 0.3) is 0 Å². The predicted molar refractivity (Wildman–Crippen MR) is 80.8 cm³/mol. The summed E-state index contributed by atoms with van der Waals surface area (Å²) in [6.07, 6.45) is 3.67. The lowest BCUT2D eigenvalue weighted by Crippen LogP contribution is -2.32. The van der Waals surface area contributed by atoms with Gasteiger partial charge in [-0.1, -0.05) is 31.4 Å². The highest BCUT2D eigenvalue weighted by molar-refractivity contribution is 6.32. The summed E-state index contributed by atoms with van der Waals surface area (Å²) in [7, 11) is 0. The molecule has 0 unspecified atom stereocenters. The van der Waals surface area contributed by atoms with Crippen LogP contribution in [0.15, 0.2) is 12.1 Å². The fraction of sp³-hybridized carbons (Fsp3) is 0.643. The van der Waals surface area contributed by atoms with E-state index >= 15 is 0 Å². The maximum absolute atomic E-state index is 6.04. The first kappa shape index (κ1) is 15.6. The van der Waals surface area contributed by atoms with Crippen molar-refractivity contribution in [2.75, 3.05) is 11.4 Å². The van der Waals surface area contributed by atoms with E-state index in [4.69, 9.17) is 23.2 Å². The van der Waals surface area contributed by atoms with E-state index in [-0.39, 0.29) is 0 Å². The first-order valence-electron chi connectivity index (χ1n) is 6.58. The summed E-state index contributed by atoms with van der Waals surface area (Å²) in [6.45, 7) is 7.61. The van der Waals surface area contributed by atoms with E-state index in [1.165, 1.54) is 19.3 Å². The maximum Gasteiger partial charge on any atom is 0.129 e. The predicted octanol–water partition coefficient (Wildman–Crippen LogP) is 4.88. The average molecular weight is 289 g/mol. The molecule has 102 valence electrons. The minimum Gasteiger partial charge on any atom is -0.354 e. The van der Waals surface area contributed by atoms with Crippen molar-refractivity contribution in [2.45, 2.75) is 52.0 Å². The summed E-state index contributed by atoms with van der Waals surface area (Å²) in [6, 6.07) is 4.29. The molecular weight excluding hydrogens is 267 g/mol. The summed E-state index contributed by atoms with van der Waals surface area (Å²) < 4.78 is 0. The Morgan fingerprint density at radius 1 is 1.28 bits per heavy atom. The molecule has 0 saturated carbocycles. The monoisotopic (exact) mass is 288 g/mol. The number of halogens is 2. The van der Waals surface area contributed by atoms with Crippen molar-refractivity contribution >= 4 is 29.0 Å². The second-order valence-electron chi connectivity index (χ2n) is 4.73. The van der Waals surface area contributed by atoms with Crippen LogP contribution in [0.3, 0.4) is 0 Å². The second kappa shape index (κ2) is 7.85. The summed E-state index contributed by atoms with van der Waals surface area (Å²) in [5.41, 5.74) is 0.761. The van der Waals surface area contributed by atoms with Crippen molar-refractivity contribution in [2.24, 2.45) is 0 Å². The lowest BCUT2D eigenvalue weighted by atomic mass is 10.2. The molecule has 0 atom stereocenters. The third kappa shape index (κ3) is 4.33. The number of aromatic nitrogens is 1. The van der Waals surface area contributed by atoms with E-state index in [2.05, 4.69) is 30.7 Å². The molecule has 0 aliphatic heterocycles. The Balaban J connectivity index is 2.84. The summed E-state index contributed by atoms with van der Waals surface area (Å²) in [5, 5.41) is 0.644. The first-order chi connectivity index (χ1) is 8.60. The van der Waals surface area contributed by atoms with Crippen molar-refractivity contribution in [3.8, 4) is 0 Å². The highest BCUT2D eigenvalue weighted by atomic mass is 35.5. The molecule has 0 fully saturated rings. The zero-order valence-electron chi connectivity index (χ0n) is 11.4. The third-order valence-electron chi connectivity index (χ3n) is 2.95. The van der Waals surface area contributed by atoms with Gasteiger partial charge in [-0.15, -0.1) is 11.6 Å². The highest BCUT2D eigenvalue weighted by Crippen LogP contribution is 2.22. The Bertz CT molecular complexity index is 367. The highest BCUT2D eigenvalue weighted by Gasteiger charge is 2.13. The zero-order chi connectivity index (χ0) is 13.5. The van der Waals surface area contributed by atoms with Crippen molar-refractivity contribution < 1.29 is 0 Å². The maximum atomic E-state index is 6.04. The van der Waals surface area contributed by atoms with Crippen LogP contribution in [0.4, 0.5) is 5.82 Å². The van der Waals surface area contributed by atoms with E-state index in [1.54, 1.807) is 0 Å². The molecule has 2 nitrogen and oxygen atoms in total. The number of unbranched alkanes of at least 4 members (excludes halogenated alkanes) is 2. The minimum absolute atomic E-state index is 0.355. The van der Waals surface area contributed by atoms with Crippen LogP contribution in [0, 0.1) is 0 Å². The van der Waals surface area contributed by atoms with Gasteiger partial charge in [0.05, 0.1) is 16.6 Å². The fourth-order valence-corrected chi connectivity index (χ4v) is 2.34. The number of rotatable bonds is 7. The molecule has 0 spiro atoms. The van der Waals surface area contributed by atoms with Gasteiger partial charge in [-0.05, 0) is 32.4 Å². The Kier molecular flexibility index (Phi) is 6.80. The van der Waals surface area contributed by atoms with E-state index in [0.717, 1.165) is 18.1 Å².